The Balaban J connectivity index is 3.45. The average Bonchev–Trinajstić information content (AvgIpc) is 3.22. The second-order valence-electron chi connectivity index (χ2n) is 18.3. The van der Waals surface area contributed by atoms with Crippen molar-refractivity contribution >= 4 is 5.91 Å². The van der Waals surface area contributed by atoms with Crippen molar-refractivity contribution in [3.63, 3.8) is 0 Å². The molecule has 0 fully saturated rings. The van der Waals surface area contributed by atoms with E-state index < -0.39 is 12.1 Å². The van der Waals surface area contributed by atoms with E-state index in [9.17, 15) is 15.0 Å². The molecule has 0 aliphatic heterocycles. The van der Waals surface area contributed by atoms with Crippen LogP contribution in [0.15, 0.2) is 12.2 Å². The van der Waals surface area contributed by atoms with Gasteiger partial charge in [-0.15, -0.1) is 0 Å². The Kier molecular flexibility index (Phi) is 48.7. The molecule has 340 valence electrons. The number of carbonyl (C=O) groups excluding carboxylic acids is 1. The second-order valence-corrected chi connectivity index (χ2v) is 18.3. The third-order valence-electron chi connectivity index (χ3n) is 12.5. The molecule has 0 aliphatic carbocycles. The van der Waals surface area contributed by atoms with Gasteiger partial charge in [0.2, 0.25) is 5.91 Å². The van der Waals surface area contributed by atoms with E-state index in [4.69, 9.17) is 0 Å². The minimum Gasteiger partial charge on any atom is -0.394 e. The highest BCUT2D eigenvalue weighted by Crippen LogP contribution is 2.17. The Labute approximate surface area is 358 Å². The van der Waals surface area contributed by atoms with E-state index in [1.165, 1.54) is 250 Å². The minimum atomic E-state index is -0.659. The van der Waals surface area contributed by atoms with Crippen LogP contribution in [0, 0.1) is 0 Å². The minimum absolute atomic E-state index is 0.0301. The predicted octanol–water partition coefficient (Wildman–Crippen LogP) is 17.0. The number of unbranched alkanes of at least 4 members (excludes halogenated alkanes) is 40. The first kappa shape index (κ1) is 56.1. The zero-order valence-electron chi connectivity index (χ0n) is 39.1. The number of aliphatic hydroxyl groups is 2. The summed E-state index contributed by atoms with van der Waals surface area (Å²) in [4.78, 5) is 12.5. The lowest BCUT2D eigenvalue weighted by molar-refractivity contribution is -0.123. The first-order valence-corrected chi connectivity index (χ1v) is 26.4. The van der Waals surface area contributed by atoms with E-state index in [1.54, 1.807) is 0 Å². The fourth-order valence-corrected chi connectivity index (χ4v) is 8.48. The molecule has 0 spiro atoms. The highest BCUT2D eigenvalue weighted by atomic mass is 16.3. The van der Waals surface area contributed by atoms with Crippen molar-refractivity contribution in [3.8, 4) is 0 Å². The second kappa shape index (κ2) is 49.5. The molecule has 2 unspecified atom stereocenters. The fourth-order valence-electron chi connectivity index (χ4n) is 8.48. The maximum absolute atomic E-state index is 12.5. The monoisotopic (exact) mass is 804 g/mol. The van der Waals surface area contributed by atoms with Gasteiger partial charge in [-0.2, -0.15) is 0 Å². The summed E-state index contributed by atoms with van der Waals surface area (Å²) in [5.74, 6) is -0.0301. The zero-order valence-corrected chi connectivity index (χ0v) is 39.1. The molecule has 0 aliphatic rings. The first-order valence-electron chi connectivity index (χ1n) is 26.4. The molecule has 4 heteroatoms. The van der Waals surface area contributed by atoms with Crippen molar-refractivity contribution in [3.05, 3.63) is 12.2 Å². The summed E-state index contributed by atoms with van der Waals surface area (Å²) in [6, 6.07) is -0.536. The van der Waals surface area contributed by atoms with Crippen molar-refractivity contribution in [1.29, 1.82) is 0 Å². The molecule has 0 radical (unpaired) electrons. The molecule has 0 aromatic carbocycles. The van der Waals surface area contributed by atoms with Crippen LogP contribution in [-0.4, -0.2) is 34.9 Å². The molecule has 3 N–H and O–H groups in total. The Morgan fingerprint density at radius 3 is 0.965 bits per heavy atom. The lowest BCUT2D eigenvalue weighted by Crippen LogP contribution is -2.45. The predicted molar refractivity (Wildman–Crippen MR) is 253 cm³/mol. The summed E-state index contributed by atoms with van der Waals surface area (Å²) in [5.41, 5.74) is 0. The molecule has 0 saturated carbocycles. The average molecular weight is 804 g/mol. The van der Waals surface area contributed by atoms with Gasteiger partial charge in [-0.05, 0) is 38.5 Å². The SMILES string of the molecule is CCCCCCCCCCCCCC/C=C\CCCCCCCCCC(=O)NC(CO)C(O)CCCCCCCCCCCCCCCCCCCCCCCC. The van der Waals surface area contributed by atoms with Crippen LogP contribution in [-0.2, 0) is 4.79 Å². The van der Waals surface area contributed by atoms with Crippen molar-refractivity contribution in [2.75, 3.05) is 6.61 Å². The highest BCUT2D eigenvalue weighted by molar-refractivity contribution is 5.76. The largest absolute Gasteiger partial charge is 0.394 e. The van der Waals surface area contributed by atoms with Crippen LogP contribution in [0.3, 0.4) is 0 Å². The summed E-state index contributed by atoms with van der Waals surface area (Å²) in [6.07, 6.45) is 63.2. The number of hydrogen-bond donors (Lipinski definition) is 3. The standard InChI is InChI=1S/C53H105NO3/c1-3-5-7-9-11-13-15-17-19-21-23-25-27-29-31-33-35-37-39-41-43-45-47-49-53(57)54-51(50-55)52(56)48-46-44-42-40-38-36-34-32-30-28-26-24-22-20-18-16-14-12-10-8-6-4-2/h29,31,51-52,55-56H,3-28,30,32-50H2,1-2H3,(H,54,57)/b31-29-. The number of rotatable bonds is 49. The summed E-state index contributed by atoms with van der Waals surface area (Å²) >= 11 is 0. The van der Waals surface area contributed by atoms with Gasteiger partial charge in [-0.3, -0.25) is 4.79 Å². The summed E-state index contributed by atoms with van der Waals surface area (Å²) < 4.78 is 0. The molecule has 0 bridgehead atoms. The van der Waals surface area contributed by atoms with Crippen LogP contribution in [0.5, 0.6) is 0 Å². The molecule has 57 heavy (non-hydrogen) atoms. The molecule has 0 saturated heterocycles. The number of amides is 1. The number of nitrogens with one attached hydrogen (secondary N) is 1. The Hall–Kier alpha value is -0.870. The summed E-state index contributed by atoms with van der Waals surface area (Å²) in [5, 5.41) is 23.3. The number of allylic oxidation sites excluding steroid dienone is 2. The summed E-state index contributed by atoms with van der Waals surface area (Å²) in [7, 11) is 0. The molecule has 0 rings (SSSR count). The lowest BCUT2D eigenvalue weighted by atomic mass is 10.0. The molecule has 0 aromatic rings. The molecule has 1 amide bonds. The van der Waals surface area contributed by atoms with E-state index in [2.05, 4.69) is 31.3 Å². The third kappa shape index (κ3) is 46.1. The Morgan fingerprint density at radius 1 is 0.404 bits per heavy atom. The topological polar surface area (TPSA) is 69.6 Å². The van der Waals surface area contributed by atoms with Crippen molar-refractivity contribution in [2.24, 2.45) is 0 Å². The van der Waals surface area contributed by atoms with E-state index in [-0.39, 0.29) is 12.5 Å². The number of hydrogen-bond acceptors (Lipinski definition) is 3. The maximum Gasteiger partial charge on any atom is 0.220 e. The molecule has 0 heterocycles. The quantitative estimate of drug-likeness (QED) is 0.0424. The van der Waals surface area contributed by atoms with Crippen molar-refractivity contribution in [1.82, 2.24) is 5.32 Å². The number of carbonyl (C=O) groups is 1. The van der Waals surface area contributed by atoms with Gasteiger partial charge in [0.15, 0.2) is 0 Å². The van der Waals surface area contributed by atoms with Crippen molar-refractivity contribution < 1.29 is 15.0 Å². The fraction of sp³-hybridized carbons (Fsp3) is 0.943. The van der Waals surface area contributed by atoms with Crippen LogP contribution in [0.4, 0.5) is 0 Å². The van der Waals surface area contributed by atoms with Crippen LogP contribution in [0.2, 0.25) is 0 Å². The first-order chi connectivity index (χ1) is 28.2. The van der Waals surface area contributed by atoms with E-state index >= 15 is 0 Å². The van der Waals surface area contributed by atoms with Gasteiger partial charge in [0.25, 0.3) is 0 Å². The van der Waals surface area contributed by atoms with Gasteiger partial charge >= 0.3 is 0 Å². The third-order valence-corrected chi connectivity index (χ3v) is 12.5. The van der Waals surface area contributed by atoms with E-state index in [0.29, 0.717) is 12.8 Å². The summed E-state index contributed by atoms with van der Waals surface area (Å²) in [6.45, 7) is 4.39. The smallest absolute Gasteiger partial charge is 0.220 e. The molecular formula is C53H105NO3. The van der Waals surface area contributed by atoms with Crippen LogP contribution >= 0.6 is 0 Å². The molecule has 4 nitrogen and oxygen atoms in total. The molecular weight excluding hydrogens is 699 g/mol. The zero-order chi connectivity index (χ0) is 41.4. The van der Waals surface area contributed by atoms with Gasteiger partial charge < -0.3 is 15.5 Å². The maximum atomic E-state index is 12.5. The highest BCUT2D eigenvalue weighted by Gasteiger charge is 2.20. The van der Waals surface area contributed by atoms with Gasteiger partial charge in [-0.25, -0.2) is 0 Å². The van der Waals surface area contributed by atoms with Crippen LogP contribution in [0.25, 0.3) is 0 Å². The normalized spacial score (nSPS) is 12.8. The van der Waals surface area contributed by atoms with Gasteiger partial charge in [0, 0.05) is 6.42 Å². The number of aliphatic hydroxyl groups excluding tert-OH is 2. The van der Waals surface area contributed by atoms with E-state index in [1.807, 2.05) is 0 Å². The van der Waals surface area contributed by atoms with Crippen LogP contribution in [0.1, 0.15) is 303 Å². The molecule has 2 atom stereocenters. The van der Waals surface area contributed by atoms with Gasteiger partial charge in [-0.1, -0.05) is 270 Å². The lowest BCUT2D eigenvalue weighted by Gasteiger charge is -2.22. The molecule has 0 aromatic heterocycles. The van der Waals surface area contributed by atoms with Crippen LogP contribution < -0.4 is 5.32 Å². The van der Waals surface area contributed by atoms with Gasteiger partial charge in [0.1, 0.15) is 0 Å². The van der Waals surface area contributed by atoms with E-state index in [0.717, 1.165) is 25.7 Å². The van der Waals surface area contributed by atoms with Gasteiger partial charge in [0.05, 0.1) is 18.8 Å². The van der Waals surface area contributed by atoms with Crippen molar-refractivity contribution in [2.45, 2.75) is 315 Å². The Morgan fingerprint density at radius 2 is 0.667 bits per heavy atom. The Bertz CT molecular complexity index is 784.